The lowest BCUT2D eigenvalue weighted by molar-refractivity contribution is -0.145. The Hall–Kier alpha value is -2.62. The van der Waals surface area contributed by atoms with Crippen LogP contribution in [0.3, 0.4) is 0 Å². The number of benzene rings is 1. The third kappa shape index (κ3) is 4.44. The maximum absolute atomic E-state index is 12.1. The molecule has 0 aliphatic rings. The molecular weight excluding hydrogens is 330 g/mol. The van der Waals surface area contributed by atoms with Gasteiger partial charge in [0.05, 0.1) is 18.5 Å². The van der Waals surface area contributed by atoms with Crippen molar-refractivity contribution in [1.29, 1.82) is 5.26 Å². The van der Waals surface area contributed by atoms with Crippen molar-refractivity contribution in [3.63, 3.8) is 0 Å². The molecule has 6 nitrogen and oxygen atoms in total. The molecule has 1 N–H and O–H groups in total. The van der Waals surface area contributed by atoms with Gasteiger partial charge in [0.15, 0.2) is 0 Å². The van der Waals surface area contributed by atoms with Gasteiger partial charge in [-0.25, -0.2) is 4.79 Å². The lowest BCUT2D eigenvalue weighted by Gasteiger charge is -2.11. The van der Waals surface area contributed by atoms with Crippen LogP contribution >= 0.6 is 11.6 Å². The van der Waals surface area contributed by atoms with Crippen molar-refractivity contribution in [2.75, 3.05) is 13.7 Å². The van der Waals surface area contributed by atoms with Crippen molar-refractivity contribution >= 4 is 23.6 Å². The topological polar surface area (TPSA) is 88.0 Å². The van der Waals surface area contributed by atoms with E-state index in [1.807, 2.05) is 18.2 Å². The minimum Gasteiger partial charge on any atom is -0.456 e. The van der Waals surface area contributed by atoms with Crippen LogP contribution in [0, 0.1) is 11.3 Å². The summed E-state index contributed by atoms with van der Waals surface area (Å²) in [7, 11) is 1.51. The third-order valence-electron chi connectivity index (χ3n) is 3.15. The number of nitrogens with one attached hydrogen (secondary N) is 1. The zero-order chi connectivity index (χ0) is 17.5. The van der Waals surface area contributed by atoms with E-state index in [0.29, 0.717) is 16.3 Å². The Morgan fingerprint density at radius 1 is 1.46 bits per heavy atom. The second-order valence-corrected chi connectivity index (χ2v) is 5.48. The van der Waals surface area contributed by atoms with E-state index in [4.69, 9.17) is 21.1 Å². The molecule has 0 amide bonds. The summed E-state index contributed by atoms with van der Waals surface area (Å²) in [6.45, 7) is 1.94. The smallest absolute Gasteiger partial charge is 0.349 e. The lowest BCUT2D eigenvalue weighted by Crippen LogP contribution is -2.20. The number of carbonyl (C=O) groups is 1. The zero-order valence-electron chi connectivity index (χ0n) is 13.2. The summed E-state index contributed by atoms with van der Waals surface area (Å²) in [6.07, 6.45) is 2.53. The molecule has 0 radical (unpaired) electrons. The predicted molar refractivity (Wildman–Crippen MR) is 90.1 cm³/mol. The first-order valence-electron chi connectivity index (χ1n) is 7.16. The van der Waals surface area contributed by atoms with E-state index >= 15 is 0 Å². The van der Waals surface area contributed by atoms with Gasteiger partial charge in [-0.2, -0.15) is 10.4 Å². The summed E-state index contributed by atoms with van der Waals surface area (Å²) < 4.78 is 10.1. The molecular formula is C17H16ClN3O3. The van der Waals surface area contributed by atoms with Crippen molar-refractivity contribution in [2.24, 2.45) is 0 Å². The van der Waals surface area contributed by atoms with E-state index in [-0.39, 0.29) is 12.2 Å². The number of aromatic amines is 1. The van der Waals surface area contributed by atoms with E-state index in [1.165, 1.54) is 19.4 Å². The highest BCUT2D eigenvalue weighted by Crippen LogP contribution is 2.24. The van der Waals surface area contributed by atoms with Crippen molar-refractivity contribution in [2.45, 2.75) is 13.0 Å². The molecule has 1 atom stereocenters. The number of methoxy groups -OCH3 is 1. The van der Waals surface area contributed by atoms with Crippen molar-refractivity contribution in [3.05, 3.63) is 46.6 Å². The van der Waals surface area contributed by atoms with Gasteiger partial charge < -0.3 is 9.47 Å². The molecule has 24 heavy (non-hydrogen) atoms. The maximum Gasteiger partial charge on any atom is 0.349 e. The fourth-order valence-corrected chi connectivity index (χ4v) is 2.19. The average Bonchev–Trinajstić information content (AvgIpc) is 3.01. The summed E-state index contributed by atoms with van der Waals surface area (Å²) in [5.41, 5.74) is 2.00. The van der Waals surface area contributed by atoms with Gasteiger partial charge in [-0.15, -0.1) is 0 Å². The van der Waals surface area contributed by atoms with Crippen molar-refractivity contribution < 1.29 is 14.3 Å². The molecule has 1 heterocycles. The first-order valence-corrected chi connectivity index (χ1v) is 7.54. The summed E-state index contributed by atoms with van der Waals surface area (Å²) in [5, 5.41) is 16.7. The van der Waals surface area contributed by atoms with Crippen LogP contribution in [-0.2, 0) is 14.3 Å². The number of halogens is 1. The second-order valence-electron chi connectivity index (χ2n) is 5.05. The summed E-state index contributed by atoms with van der Waals surface area (Å²) in [6, 6.07) is 8.99. The molecule has 1 aromatic carbocycles. The molecule has 1 aromatic heterocycles. The number of rotatable bonds is 6. The quantitative estimate of drug-likeness (QED) is 0.493. The summed E-state index contributed by atoms with van der Waals surface area (Å²) >= 11 is 5.88. The highest BCUT2D eigenvalue weighted by Gasteiger charge is 2.16. The Morgan fingerprint density at radius 3 is 2.79 bits per heavy atom. The largest absolute Gasteiger partial charge is 0.456 e. The normalized spacial score (nSPS) is 12.5. The SMILES string of the molecule is COC[C@H](C)OC(=O)/C(C#N)=C/c1cn[nH]c1-c1ccc(Cl)cc1. The molecule has 0 saturated carbocycles. The number of aromatic nitrogens is 2. The van der Waals surface area contributed by atoms with Crippen LogP contribution in [0.1, 0.15) is 12.5 Å². The van der Waals surface area contributed by atoms with Crippen LogP contribution in [0.25, 0.3) is 17.3 Å². The third-order valence-corrected chi connectivity index (χ3v) is 3.40. The molecule has 0 unspecified atom stereocenters. The number of esters is 1. The molecule has 2 aromatic rings. The first kappa shape index (κ1) is 17.7. The average molecular weight is 346 g/mol. The van der Waals surface area contributed by atoms with Crippen molar-refractivity contribution in [1.82, 2.24) is 10.2 Å². The minimum atomic E-state index is -0.703. The Morgan fingerprint density at radius 2 is 2.17 bits per heavy atom. The molecule has 0 saturated heterocycles. The fraction of sp³-hybridized carbons (Fsp3) is 0.235. The Labute approximate surface area is 144 Å². The summed E-state index contributed by atoms with van der Waals surface area (Å²) in [5.74, 6) is -0.703. The monoisotopic (exact) mass is 345 g/mol. The van der Waals surface area contributed by atoms with Crippen LogP contribution in [-0.4, -0.2) is 36.0 Å². The molecule has 0 bridgehead atoms. The van der Waals surface area contributed by atoms with Gasteiger partial charge in [-0.3, -0.25) is 5.10 Å². The first-order chi connectivity index (χ1) is 11.5. The number of hydrogen-bond acceptors (Lipinski definition) is 5. The predicted octanol–water partition coefficient (Wildman–Crippen LogP) is 3.22. The fourth-order valence-electron chi connectivity index (χ4n) is 2.06. The zero-order valence-corrected chi connectivity index (χ0v) is 14.0. The van der Waals surface area contributed by atoms with Crippen LogP contribution in [0.15, 0.2) is 36.0 Å². The number of H-pyrrole nitrogens is 1. The summed E-state index contributed by atoms with van der Waals surface area (Å²) in [4.78, 5) is 12.1. The molecule has 124 valence electrons. The Bertz CT molecular complexity index is 775. The number of nitrogens with zero attached hydrogens (tertiary/aromatic N) is 2. The van der Waals surface area contributed by atoms with Gasteiger partial charge in [0, 0.05) is 23.3 Å². The number of hydrogen-bond donors (Lipinski definition) is 1. The minimum absolute atomic E-state index is 0.116. The number of ether oxygens (including phenoxy) is 2. The molecule has 0 aliphatic heterocycles. The number of nitriles is 1. The molecule has 2 rings (SSSR count). The van der Waals surface area contributed by atoms with Gasteiger partial charge in [0.25, 0.3) is 0 Å². The number of carbonyl (C=O) groups excluding carboxylic acids is 1. The van der Waals surface area contributed by atoms with Crippen molar-refractivity contribution in [3.8, 4) is 17.3 Å². The Kier molecular flexibility index (Phi) is 6.13. The van der Waals surface area contributed by atoms with E-state index in [1.54, 1.807) is 19.1 Å². The van der Waals surface area contributed by atoms with E-state index in [9.17, 15) is 10.1 Å². The van der Waals surface area contributed by atoms with Crippen LogP contribution in [0.5, 0.6) is 0 Å². The van der Waals surface area contributed by atoms with Gasteiger partial charge in [0.2, 0.25) is 0 Å². The molecule has 7 heteroatoms. The molecule has 0 aliphatic carbocycles. The van der Waals surface area contributed by atoms with E-state index < -0.39 is 12.1 Å². The maximum atomic E-state index is 12.1. The van der Waals surface area contributed by atoms with E-state index in [0.717, 1.165) is 5.56 Å². The highest BCUT2D eigenvalue weighted by atomic mass is 35.5. The molecule has 0 spiro atoms. The lowest BCUT2D eigenvalue weighted by atomic mass is 10.1. The Balaban J connectivity index is 2.26. The van der Waals surface area contributed by atoms with Crippen LogP contribution in [0.4, 0.5) is 0 Å². The molecule has 0 fully saturated rings. The van der Waals surface area contributed by atoms with E-state index in [2.05, 4.69) is 10.2 Å². The van der Waals surface area contributed by atoms with Gasteiger partial charge >= 0.3 is 5.97 Å². The standard InChI is InChI=1S/C17H16ClN3O3/c1-11(10-23-2)24-17(22)13(8-19)7-14-9-20-21-16(14)12-3-5-15(18)6-4-12/h3-7,9,11H,10H2,1-2H3,(H,20,21)/b13-7+/t11-/m0/s1. The van der Waals surface area contributed by atoms with Gasteiger partial charge in [-0.1, -0.05) is 23.7 Å². The van der Waals surface area contributed by atoms with Gasteiger partial charge in [0.1, 0.15) is 17.7 Å². The second kappa shape index (κ2) is 8.29. The van der Waals surface area contributed by atoms with Gasteiger partial charge in [-0.05, 0) is 25.1 Å². The van der Waals surface area contributed by atoms with Crippen LogP contribution in [0.2, 0.25) is 5.02 Å². The van der Waals surface area contributed by atoms with Crippen LogP contribution < -0.4 is 0 Å². The highest BCUT2D eigenvalue weighted by molar-refractivity contribution is 6.30.